The van der Waals surface area contributed by atoms with Crippen molar-refractivity contribution >= 4 is 21.8 Å². The molecule has 0 N–H and O–H groups in total. The maximum Gasteiger partial charge on any atom is 0.256 e. The van der Waals surface area contributed by atoms with Gasteiger partial charge in [-0.05, 0) is 27.6 Å². The number of hydrogen-bond donors (Lipinski definition) is 0. The van der Waals surface area contributed by atoms with Gasteiger partial charge < -0.3 is 4.90 Å². The zero-order valence-corrected chi connectivity index (χ0v) is 11.2. The maximum atomic E-state index is 12.2. The third kappa shape index (κ3) is 2.04. The molecule has 18 heavy (non-hydrogen) atoms. The summed E-state index contributed by atoms with van der Waals surface area (Å²) in [4.78, 5) is 18.3. The number of nitrogens with zero attached hydrogens (tertiary/aromatic N) is 2. The van der Waals surface area contributed by atoms with Gasteiger partial charge in [0.05, 0.1) is 17.8 Å². The first-order chi connectivity index (χ1) is 8.74. The van der Waals surface area contributed by atoms with Crippen LogP contribution in [0, 0.1) is 0 Å². The van der Waals surface area contributed by atoms with Gasteiger partial charge in [-0.1, -0.05) is 30.3 Å². The zero-order valence-electron chi connectivity index (χ0n) is 9.64. The summed E-state index contributed by atoms with van der Waals surface area (Å²) in [6, 6.07) is 11.8. The molecule has 3 nitrogen and oxygen atoms in total. The van der Waals surface area contributed by atoms with Gasteiger partial charge in [-0.25, -0.2) is 0 Å². The van der Waals surface area contributed by atoms with E-state index in [1.165, 1.54) is 0 Å². The van der Waals surface area contributed by atoms with Crippen LogP contribution in [0.2, 0.25) is 0 Å². The number of amides is 1. The van der Waals surface area contributed by atoms with Crippen LogP contribution in [0.15, 0.2) is 47.1 Å². The van der Waals surface area contributed by atoms with Gasteiger partial charge in [0.15, 0.2) is 0 Å². The van der Waals surface area contributed by atoms with Crippen LogP contribution in [0.25, 0.3) is 0 Å². The average molecular weight is 303 g/mol. The Morgan fingerprint density at radius 3 is 2.83 bits per heavy atom. The SMILES string of the molecule is O=C1c2cc(Br)cnc2CN1Cc1ccccc1. The predicted molar refractivity (Wildman–Crippen MR) is 72.0 cm³/mol. The topological polar surface area (TPSA) is 33.2 Å². The Bertz CT molecular complexity index is 598. The first-order valence-corrected chi connectivity index (χ1v) is 6.51. The molecule has 1 aliphatic rings. The van der Waals surface area contributed by atoms with Crippen LogP contribution in [-0.2, 0) is 13.1 Å². The van der Waals surface area contributed by atoms with Crippen molar-refractivity contribution in [3.05, 3.63) is 63.9 Å². The van der Waals surface area contributed by atoms with Crippen LogP contribution in [0.3, 0.4) is 0 Å². The van der Waals surface area contributed by atoms with E-state index in [1.54, 1.807) is 6.20 Å². The summed E-state index contributed by atoms with van der Waals surface area (Å²) in [7, 11) is 0. The number of hydrogen-bond acceptors (Lipinski definition) is 2. The summed E-state index contributed by atoms with van der Waals surface area (Å²) in [5, 5.41) is 0. The highest BCUT2D eigenvalue weighted by atomic mass is 79.9. The van der Waals surface area contributed by atoms with E-state index >= 15 is 0 Å². The first-order valence-electron chi connectivity index (χ1n) is 5.71. The fourth-order valence-electron chi connectivity index (χ4n) is 2.13. The Balaban J connectivity index is 1.85. The smallest absolute Gasteiger partial charge is 0.256 e. The first kappa shape index (κ1) is 11.4. The van der Waals surface area contributed by atoms with Crippen molar-refractivity contribution in [2.45, 2.75) is 13.1 Å². The number of carbonyl (C=O) groups excluding carboxylic acids is 1. The van der Waals surface area contributed by atoms with E-state index in [4.69, 9.17) is 0 Å². The van der Waals surface area contributed by atoms with Gasteiger partial charge in [-0.2, -0.15) is 0 Å². The zero-order chi connectivity index (χ0) is 12.5. The monoisotopic (exact) mass is 302 g/mol. The quantitative estimate of drug-likeness (QED) is 0.854. The van der Waals surface area contributed by atoms with Crippen LogP contribution < -0.4 is 0 Å². The molecule has 2 aromatic rings. The third-order valence-corrected chi connectivity index (χ3v) is 3.45. The van der Waals surface area contributed by atoms with E-state index in [-0.39, 0.29) is 5.91 Å². The van der Waals surface area contributed by atoms with Crippen LogP contribution in [0.5, 0.6) is 0 Å². The van der Waals surface area contributed by atoms with Crippen molar-refractivity contribution in [3.8, 4) is 0 Å². The van der Waals surface area contributed by atoms with E-state index in [1.807, 2.05) is 41.3 Å². The molecule has 0 saturated carbocycles. The molecular weight excluding hydrogens is 292 g/mol. The van der Waals surface area contributed by atoms with Gasteiger partial charge >= 0.3 is 0 Å². The molecule has 1 aromatic heterocycles. The van der Waals surface area contributed by atoms with Gasteiger partial charge in [-0.15, -0.1) is 0 Å². The molecule has 90 valence electrons. The molecule has 0 spiro atoms. The Hall–Kier alpha value is -1.68. The van der Waals surface area contributed by atoms with Gasteiger partial charge in [0.1, 0.15) is 0 Å². The van der Waals surface area contributed by atoms with E-state index in [0.717, 1.165) is 15.7 Å². The number of carbonyl (C=O) groups is 1. The van der Waals surface area contributed by atoms with Crippen LogP contribution >= 0.6 is 15.9 Å². The van der Waals surface area contributed by atoms with Crippen molar-refractivity contribution in [1.82, 2.24) is 9.88 Å². The van der Waals surface area contributed by atoms with Crippen molar-refractivity contribution in [1.29, 1.82) is 0 Å². The lowest BCUT2D eigenvalue weighted by Gasteiger charge is -2.14. The van der Waals surface area contributed by atoms with Gasteiger partial charge in [0.25, 0.3) is 5.91 Å². The summed E-state index contributed by atoms with van der Waals surface area (Å²) in [5.74, 6) is 0.0580. The fraction of sp³-hybridized carbons (Fsp3) is 0.143. The molecule has 0 atom stereocenters. The van der Waals surface area contributed by atoms with E-state index in [0.29, 0.717) is 18.7 Å². The summed E-state index contributed by atoms with van der Waals surface area (Å²) < 4.78 is 0.844. The normalized spacial score (nSPS) is 13.8. The molecule has 0 bridgehead atoms. The van der Waals surface area contributed by atoms with Gasteiger partial charge in [0.2, 0.25) is 0 Å². The second-order valence-electron chi connectivity index (χ2n) is 4.29. The molecule has 3 rings (SSSR count). The average Bonchev–Trinajstić information content (AvgIpc) is 2.68. The number of benzene rings is 1. The van der Waals surface area contributed by atoms with Crippen molar-refractivity contribution < 1.29 is 4.79 Å². The molecular formula is C14H11BrN2O. The summed E-state index contributed by atoms with van der Waals surface area (Å²) in [5.41, 5.74) is 2.71. The lowest BCUT2D eigenvalue weighted by atomic mass is 10.2. The second-order valence-corrected chi connectivity index (χ2v) is 5.21. The molecule has 4 heteroatoms. The highest BCUT2D eigenvalue weighted by Gasteiger charge is 2.28. The van der Waals surface area contributed by atoms with Crippen LogP contribution in [0.4, 0.5) is 0 Å². The number of aromatic nitrogens is 1. The minimum Gasteiger partial charge on any atom is -0.328 e. The van der Waals surface area contributed by atoms with Crippen LogP contribution in [0.1, 0.15) is 21.6 Å². The summed E-state index contributed by atoms with van der Waals surface area (Å²) in [6.45, 7) is 1.23. The molecule has 2 heterocycles. The number of pyridine rings is 1. The lowest BCUT2D eigenvalue weighted by Crippen LogP contribution is -2.23. The summed E-state index contributed by atoms with van der Waals surface area (Å²) in [6.07, 6.45) is 1.73. The van der Waals surface area contributed by atoms with Crippen molar-refractivity contribution in [3.63, 3.8) is 0 Å². The van der Waals surface area contributed by atoms with Crippen molar-refractivity contribution in [2.24, 2.45) is 0 Å². The molecule has 0 aliphatic carbocycles. The Kier molecular flexibility index (Phi) is 2.88. The molecule has 0 unspecified atom stereocenters. The molecule has 0 radical (unpaired) electrons. The van der Waals surface area contributed by atoms with E-state index < -0.39 is 0 Å². The predicted octanol–water partition coefficient (Wildman–Crippen LogP) is 3.00. The molecule has 1 amide bonds. The van der Waals surface area contributed by atoms with E-state index in [2.05, 4.69) is 20.9 Å². The maximum absolute atomic E-state index is 12.2. The Morgan fingerprint density at radius 1 is 1.28 bits per heavy atom. The van der Waals surface area contributed by atoms with E-state index in [9.17, 15) is 4.79 Å². The number of rotatable bonds is 2. The van der Waals surface area contributed by atoms with Crippen molar-refractivity contribution in [2.75, 3.05) is 0 Å². The number of fused-ring (bicyclic) bond motifs is 1. The molecule has 0 fully saturated rings. The fourth-order valence-corrected chi connectivity index (χ4v) is 2.46. The minimum atomic E-state index is 0.0580. The number of halogens is 1. The molecule has 1 aromatic carbocycles. The Labute approximate surface area is 114 Å². The van der Waals surface area contributed by atoms with Gasteiger partial charge in [-0.3, -0.25) is 9.78 Å². The Morgan fingerprint density at radius 2 is 2.06 bits per heavy atom. The summed E-state index contributed by atoms with van der Waals surface area (Å²) >= 11 is 3.35. The second kappa shape index (κ2) is 4.53. The largest absolute Gasteiger partial charge is 0.328 e. The third-order valence-electron chi connectivity index (χ3n) is 3.01. The molecule has 0 saturated heterocycles. The molecule has 1 aliphatic heterocycles. The standard InChI is InChI=1S/C14H11BrN2O/c15-11-6-12-13(16-7-11)9-17(14(12)18)8-10-4-2-1-3-5-10/h1-7H,8-9H2. The van der Waals surface area contributed by atoms with Crippen LogP contribution in [-0.4, -0.2) is 15.8 Å². The highest BCUT2D eigenvalue weighted by molar-refractivity contribution is 9.10. The lowest BCUT2D eigenvalue weighted by molar-refractivity contribution is 0.0766. The van der Waals surface area contributed by atoms with Gasteiger partial charge in [0, 0.05) is 17.2 Å². The highest BCUT2D eigenvalue weighted by Crippen LogP contribution is 2.25. The minimum absolute atomic E-state index is 0.0580.